The monoisotopic (exact) mass is 1230 g/mol. The number of rotatable bonds is 9. The van der Waals surface area contributed by atoms with Crippen LogP contribution in [0.3, 0.4) is 0 Å². The number of hydrogen-bond acceptors (Lipinski definition) is 4. The molecule has 0 amide bonds. The minimum absolute atomic E-state index is 0.905. The van der Waals surface area contributed by atoms with E-state index in [4.69, 9.17) is 8.83 Å². The molecule has 4 heterocycles. The molecule has 15 aromatic carbocycles. The summed E-state index contributed by atoms with van der Waals surface area (Å²) in [6.07, 6.45) is 0. The summed E-state index contributed by atoms with van der Waals surface area (Å²) >= 11 is 3.73. The van der Waals surface area contributed by atoms with Gasteiger partial charge in [0.25, 0.3) is 0 Å². The van der Waals surface area contributed by atoms with Gasteiger partial charge in [-0.2, -0.15) is 0 Å². The van der Waals surface area contributed by atoms with Gasteiger partial charge >= 0.3 is 0 Å². The third-order valence-corrected chi connectivity index (χ3v) is 21.0. The number of para-hydroxylation sites is 2. The molecule has 0 unspecified atom stereocenters. The van der Waals surface area contributed by atoms with E-state index >= 15 is 0 Å². The van der Waals surface area contributed by atoms with E-state index in [0.717, 1.165) is 55.0 Å². The minimum Gasteiger partial charge on any atom is -0.456 e. The highest BCUT2D eigenvalue weighted by atomic mass is 32.1. The van der Waals surface area contributed by atoms with Crippen LogP contribution in [0.2, 0.25) is 0 Å². The molecule has 2 nitrogen and oxygen atoms in total. The summed E-state index contributed by atoms with van der Waals surface area (Å²) in [5, 5.41) is 9.80. The van der Waals surface area contributed by atoms with E-state index < -0.39 is 0 Å². The average Bonchev–Trinajstić information content (AvgIpc) is 1.57. The van der Waals surface area contributed by atoms with Crippen LogP contribution in [0.15, 0.2) is 349 Å². The maximum absolute atomic E-state index is 6.59. The smallest absolute Gasteiger partial charge is 0.143 e. The number of thiophene rings is 2. The van der Waals surface area contributed by atoms with Gasteiger partial charge in [-0.15, -0.1) is 22.7 Å². The van der Waals surface area contributed by atoms with Crippen molar-refractivity contribution in [2.45, 2.75) is 0 Å². The topological polar surface area (TPSA) is 26.3 Å². The van der Waals surface area contributed by atoms with Gasteiger partial charge < -0.3 is 8.83 Å². The molecule has 0 spiro atoms. The molecule has 0 radical (unpaired) electrons. The van der Waals surface area contributed by atoms with Crippen molar-refractivity contribution in [3.8, 4) is 100 Å². The fraction of sp³-hybridized carbons (Fsp3) is 0. The molecule has 0 N–H and O–H groups in total. The van der Waals surface area contributed by atoms with Crippen LogP contribution in [0.4, 0.5) is 0 Å². The van der Waals surface area contributed by atoms with Crippen molar-refractivity contribution in [1.29, 1.82) is 0 Å². The summed E-state index contributed by atoms with van der Waals surface area (Å²) in [6.45, 7) is 0. The van der Waals surface area contributed by atoms with E-state index in [-0.39, 0.29) is 0 Å². The Labute approximate surface area is 551 Å². The highest BCUT2D eigenvalue weighted by Gasteiger charge is 2.20. The maximum Gasteiger partial charge on any atom is 0.143 e. The molecular formula is C90H56O2S2. The van der Waals surface area contributed by atoms with Crippen LogP contribution in [0.5, 0.6) is 0 Å². The Bertz CT molecular complexity index is 6070. The Morgan fingerprint density at radius 2 is 0.532 bits per heavy atom. The quantitative estimate of drug-likeness (QED) is 0.144. The number of hydrogen-bond donors (Lipinski definition) is 0. The van der Waals surface area contributed by atoms with Gasteiger partial charge in [-0.05, 0) is 162 Å². The second-order valence-electron chi connectivity index (χ2n) is 24.2. The first-order chi connectivity index (χ1) is 46.6. The average molecular weight is 1230 g/mol. The van der Waals surface area contributed by atoms with Gasteiger partial charge in [0.15, 0.2) is 0 Å². The summed E-state index contributed by atoms with van der Waals surface area (Å²) in [5.74, 6) is 0. The summed E-state index contributed by atoms with van der Waals surface area (Å²) < 4.78 is 18.0. The second kappa shape index (κ2) is 23.2. The lowest BCUT2D eigenvalue weighted by Crippen LogP contribution is -1.89. The molecule has 0 saturated carbocycles. The Morgan fingerprint density at radius 3 is 1.15 bits per heavy atom. The van der Waals surface area contributed by atoms with Crippen molar-refractivity contribution in [2.24, 2.45) is 0 Å². The Kier molecular flexibility index (Phi) is 13.6. The number of furan rings is 2. The van der Waals surface area contributed by atoms with E-state index in [9.17, 15) is 0 Å². The van der Waals surface area contributed by atoms with Crippen LogP contribution >= 0.6 is 22.7 Å². The molecule has 0 bridgehead atoms. The van der Waals surface area contributed by atoms with Gasteiger partial charge in [0.05, 0.1) is 0 Å². The van der Waals surface area contributed by atoms with E-state index in [2.05, 4.69) is 322 Å². The lowest BCUT2D eigenvalue weighted by molar-refractivity contribution is 0.669. The van der Waals surface area contributed by atoms with Gasteiger partial charge in [-0.25, -0.2) is 0 Å². The minimum atomic E-state index is 0.905. The largest absolute Gasteiger partial charge is 0.456 e. The van der Waals surface area contributed by atoms with Crippen molar-refractivity contribution in [3.05, 3.63) is 340 Å². The molecule has 0 saturated heterocycles. The Hall–Kier alpha value is -11.7. The molecule has 19 aromatic rings. The zero-order chi connectivity index (χ0) is 62.1. The van der Waals surface area contributed by atoms with Crippen molar-refractivity contribution in [1.82, 2.24) is 0 Å². The van der Waals surface area contributed by atoms with Crippen LogP contribution in [-0.2, 0) is 0 Å². The second-order valence-corrected chi connectivity index (χ2v) is 26.3. The van der Waals surface area contributed by atoms with Crippen LogP contribution in [0, 0.1) is 0 Å². The summed E-state index contributed by atoms with van der Waals surface area (Å²) in [5.41, 5.74) is 25.4. The molecule has 0 fully saturated rings. The van der Waals surface area contributed by atoms with Crippen molar-refractivity contribution < 1.29 is 8.83 Å². The molecule has 0 aliphatic heterocycles. The van der Waals surface area contributed by atoms with E-state index in [1.807, 2.05) is 40.9 Å². The molecule has 0 atom stereocenters. The van der Waals surface area contributed by atoms with Gasteiger partial charge in [-0.1, -0.05) is 267 Å². The maximum atomic E-state index is 6.59. The normalized spacial score (nSPS) is 11.6. The molecule has 0 aliphatic rings. The third-order valence-electron chi connectivity index (χ3n) is 18.6. The Balaban J connectivity index is 0.000000139. The molecule has 94 heavy (non-hydrogen) atoms. The molecule has 19 rings (SSSR count). The standard InChI is InChI=1S/C48H30OS.C42H26OS/c1-2-12-31(13-3-1)36-14-4-6-16-38(36)39-17-7-5-15-37(39)32-22-24-33(25-23-32)42-29-35(30-44-40-18-8-10-20-45(40)49-48(42)44)34-26-27-47-43(28-34)41-19-9-11-21-46(41)50-47;1-2-8-27(9-3-1)28-14-16-29(17-15-28)30-18-20-31(21-19-30)36-25-33(26-38-35-11-5-7-13-41(35)44-42(36)38)32-22-23-40-37(24-32)34-10-4-6-12-39(34)43-40/h1-30H;1-26H. The number of benzene rings is 15. The number of fused-ring (bicyclic) bond motifs is 12. The van der Waals surface area contributed by atoms with Crippen LogP contribution in [0.1, 0.15) is 0 Å². The molecule has 0 aliphatic carbocycles. The van der Waals surface area contributed by atoms with Gasteiger partial charge in [0.1, 0.15) is 22.3 Å². The zero-order valence-corrected chi connectivity index (χ0v) is 52.6. The van der Waals surface area contributed by atoms with Crippen LogP contribution < -0.4 is 0 Å². The first-order valence-electron chi connectivity index (χ1n) is 31.9. The summed E-state index contributed by atoms with van der Waals surface area (Å²) in [6, 6.07) is 122. The first kappa shape index (κ1) is 55.2. The molecule has 440 valence electrons. The van der Waals surface area contributed by atoms with E-state index in [1.165, 1.54) is 129 Å². The lowest BCUT2D eigenvalue weighted by atomic mass is 9.89. The third kappa shape index (κ3) is 9.87. The van der Waals surface area contributed by atoms with E-state index in [1.54, 1.807) is 0 Å². The van der Waals surface area contributed by atoms with Gasteiger partial charge in [0, 0.05) is 73.0 Å². The first-order valence-corrected chi connectivity index (χ1v) is 33.6. The van der Waals surface area contributed by atoms with Crippen LogP contribution in [0.25, 0.3) is 184 Å². The van der Waals surface area contributed by atoms with Gasteiger partial charge in [0.2, 0.25) is 0 Å². The Morgan fingerprint density at radius 1 is 0.170 bits per heavy atom. The summed E-state index contributed by atoms with van der Waals surface area (Å²) in [7, 11) is 0. The van der Waals surface area contributed by atoms with Crippen molar-refractivity contribution >= 4 is 107 Å². The SMILES string of the molecule is c1ccc(-c2ccc(-c3ccc(-c4cc(-c5ccc6oc7ccccc7c6c5)cc5c4sc4ccccc45)cc3)cc2)cc1.c1ccc(-c2ccccc2-c2ccccc2-c2ccc(-c3cc(-c4ccc5sc6ccccc6c5c4)cc4c3oc3ccccc34)cc2)cc1. The highest BCUT2D eigenvalue weighted by molar-refractivity contribution is 7.26. The van der Waals surface area contributed by atoms with Crippen molar-refractivity contribution in [3.63, 3.8) is 0 Å². The predicted molar refractivity (Wildman–Crippen MR) is 402 cm³/mol. The highest BCUT2D eigenvalue weighted by Crippen LogP contribution is 2.47. The summed E-state index contributed by atoms with van der Waals surface area (Å²) in [4.78, 5) is 0. The lowest BCUT2D eigenvalue weighted by Gasteiger charge is -2.15. The van der Waals surface area contributed by atoms with E-state index in [0.29, 0.717) is 0 Å². The van der Waals surface area contributed by atoms with Gasteiger partial charge in [-0.3, -0.25) is 0 Å². The van der Waals surface area contributed by atoms with Crippen molar-refractivity contribution in [2.75, 3.05) is 0 Å². The zero-order valence-electron chi connectivity index (χ0n) is 51.0. The molecular weight excluding hydrogens is 1180 g/mol. The predicted octanol–water partition coefficient (Wildman–Crippen LogP) is 26.9. The fourth-order valence-corrected chi connectivity index (χ4v) is 16.2. The fourth-order valence-electron chi connectivity index (χ4n) is 13.9. The molecule has 4 aromatic heterocycles. The molecule has 4 heteroatoms. The van der Waals surface area contributed by atoms with Crippen LogP contribution in [-0.4, -0.2) is 0 Å².